The number of hydrogen-bond acceptors (Lipinski definition) is 4. The van der Waals surface area contributed by atoms with Crippen molar-refractivity contribution in [1.29, 1.82) is 0 Å². The molecule has 0 atom stereocenters. The Morgan fingerprint density at radius 1 is 0.712 bits per heavy atom. The molecule has 5 aromatic carbocycles. The number of nitrogens with two attached hydrogens (primary N) is 4. The first-order valence-electron chi connectivity index (χ1n) is 22.9. The zero-order valence-electron chi connectivity index (χ0n) is 37.7. The Balaban J connectivity index is 1.21. The fraction of sp³-hybridized carbons (Fsp3) is 0.131. The van der Waals surface area contributed by atoms with Crippen molar-refractivity contribution >= 4 is 28.4 Å². The fourth-order valence-electron chi connectivity index (χ4n) is 8.89. The van der Waals surface area contributed by atoms with Crippen LogP contribution in [0, 0.1) is 12.8 Å². The molecule has 0 amide bonds. The van der Waals surface area contributed by atoms with Crippen LogP contribution < -0.4 is 22.9 Å². The lowest BCUT2D eigenvalue weighted by atomic mass is 9.89. The van der Waals surface area contributed by atoms with E-state index >= 15 is 0 Å². The Morgan fingerprint density at radius 3 is 2.08 bits per heavy atom. The minimum atomic E-state index is 0.407. The molecule has 0 aliphatic heterocycles. The molecule has 0 bridgehead atoms. The monoisotopic (exact) mass is 859 g/mol. The van der Waals surface area contributed by atoms with E-state index in [2.05, 4.69) is 159 Å². The standard InChI is InChI=1S/C61H57N5/c1-3-13-57(62)44-23-27-46(28-24-44)61(65)66-59(31-21-41-14-7-4-8-15-41)52-35-50(47-22-20-40(2)53(37-47)56(60(64)45-25-26-45)33-43-18-11-6-12-19-43)34-51(36-52)48-29-30-49-39-58(63)55(54(49)38-48)32-42-16-9-5-10-17-42/h3-16,18,20,22-24,27-38,45H,1,17,19,21,25-26,39,62-64H2,2H3,(H2,65,66)/b42-32-,43-33-,57-13-,59-31-,60-56+. The number of hydrogen-bond donors (Lipinski definition) is 4. The van der Waals surface area contributed by atoms with Gasteiger partial charge in [-0.3, -0.25) is 0 Å². The summed E-state index contributed by atoms with van der Waals surface area (Å²) in [5.41, 5.74) is 47.9. The number of rotatable bonds is 13. The average molecular weight is 860 g/mol. The van der Waals surface area contributed by atoms with Gasteiger partial charge >= 0.3 is 0 Å². The molecule has 4 aliphatic rings. The van der Waals surface area contributed by atoms with Crippen molar-refractivity contribution in [3.8, 4) is 22.3 Å². The highest BCUT2D eigenvalue weighted by Gasteiger charge is 2.27. The van der Waals surface area contributed by atoms with Crippen molar-refractivity contribution in [1.82, 2.24) is 0 Å². The number of allylic oxidation sites excluding steroid dienone is 19. The molecule has 8 N–H and O–H groups in total. The van der Waals surface area contributed by atoms with Crippen LogP contribution in [-0.4, -0.2) is 5.84 Å². The van der Waals surface area contributed by atoms with Gasteiger partial charge in [-0.2, -0.15) is 0 Å². The zero-order valence-corrected chi connectivity index (χ0v) is 37.7. The lowest BCUT2D eigenvalue weighted by molar-refractivity contribution is 0.985. The van der Waals surface area contributed by atoms with Crippen LogP contribution in [0.15, 0.2) is 222 Å². The normalized spacial score (nSPS) is 17.7. The molecule has 0 radical (unpaired) electrons. The highest BCUT2D eigenvalue weighted by atomic mass is 14.9. The number of aliphatic imine (C=N–C) groups is 1. The van der Waals surface area contributed by atoms with Gasteiger partial charge in [-0.15, -0.1) is 0 Å². The van der Waals surface area contributed by atoms with Gasteiger partial charge in [-0.05, 0) is 160 Å². The van der Waals surface area contributed by atoms with E-state index in [0.29, 0.717) is 23.9 Å². The molecule has 0 spiro atoms. The molecule has 9 rings (SSSR count). The topological polar surface area (TPSA) is 116 Å². The van der Waals surface area contributed by atoms with Gasteiger partial charge in [0.05, 0.1) is 5.70 Å². The summed E-state index contributed by atoms with van der Waals surface area (Å²) in [5, 5.41) is 0. The van der Waals surface area contributed by atoms with Crippen molar-refractivity contribution in [2.24, 2.45) is 33.8 Å². The van der Waals surface area contributed by atoms with E-state index in [1.165, 1.54) is 33.4 Å². The molecule has 5 heteroatoms. The third-order valence-corrected chi connectivity index (χ3v) is 12.8. The quantitative estimate of drug-likeness (QED) is 0.0536. The zero-order chi connectivity index (χ0) is 45.6. The van der Waals surface area contributed by atoms with E-state index in [1.807, 2.05) is 30.3 Å². The summed E-state index contributed by atoms with van der Waals surface area (Å²) < 4.78 is 0. The number of fused-ring (bicyclic) bond motifs is 1. The van der Waals surface area contributed by atoms with E-state index in [1.54, 1.807) is 12.2 Å². The first kappa shape index (κ1) is 43.4. The van der Waals surface area contributed by atoms with Gasteiger partial charge in [-0.1, -0.05) is 146 Å². The van der Waals surface area contributed by atoms with E-state index in [9.17, 15) is 0 Å². The largest absolute Gasteiger partial charge is 0.401 e. The first-order valence-corrected chi connectivity index (χ1v) is 22.9. The molecule has 0 aromatic heterocycles. The Morgan fingerprint density at radius 2 is 1.39 bits per heavy atom. The third kappa shape index (κ3) is 9.91. The number of nitrogens with zero attached hydrogens (tertiary/aromatic N) is 1. The molecular formula is C61H57N5. The van der Waals surface area contributed by atoms with Crippen molar-refractivity contribution < 1.29 is 0 Å². The van der Waals surface area contributed by atoms with Gasteiger partial charge in [0.15, 0.2) is 0 Å². The summed E-state index contributed by atoms with van der Waals surface area (Å²) in [5.74, 6) is 0.814. The number of aryl methyl sites for hydroxylation is 1. The second-order valence-corrected chi connectivity index (χ2v) is 17.6. The van der Waals surface area contributed by atoms with Gasteiger partial charge in [-0.25, -0.2) is 4.99 Å². The maximum absolute atomic E-state index is 7.05. The van der Waals surface area contributed by atoms with Gasteiger partial charge < -0.3 is 22.9 Å². The predicted molar refractivity (Wildman–Crippen MR) is 280 cm³/mol. The lowest BCUT2D eigenvalue weighted by Crippen LogP contribution is -2.13. The molecule has 5 nitrogen and oxygen atoms in total. The van der Waals surface area contributed by atoms with E-state index in [0.717, 1.165) is 105 Å². The summed E-state index contributed by atoms with van der Waals surface area (Å²) in [7, 11) is 0. The lowest BCUT2D eigenvalue weighted by Gasteiger charge is -2.17. The Labute approximate surface area is 390 Å². The summed E-state index contributed by atoms with van der Waals surface area (Å²) in [6, 6.07) is 38.7. The van der Waals surface area contributed by atoms with Crippen LogP contribution in [0.5, 0.6) is 0 Å². The van der Waals surface area contributed by atoms with Crippen LogP contribution in [0.25, 0.3) is 44.8 Å². The molecule has 1 fully saturated rings. The summed E-state index contributed by atoms with van der Waals surface area (Å²) >= 11 is 0. The average Bonchev–Trinajstić information content (AvgIpc) is 4.16. The summed E-state index contributed by atoms with van der Waals surface area (Å²) in [6.45, 7) is 5.98. The van der Waals surface area contributed by atoms with Crippen LogP contribution in [0.1, 0.15) is 70.2 Å². The minimum Gasteiger partial charge on any atom is -0.401 e. The molecule has 0 saturated heterocycles. The molecule has 326 valence electrons. The van der Waals surface area contributed by atoms with Crippen LogP contribution in [0.3, 0.4) is 0 Å². The van der Waals surface area contributed by atoms with Crippen molar-refractivity contribution in [2.45, 2.75) is 45.4 Å². The van der Waals surface area contributed by atoms with E-state index in [4.69, 9.17) is 27.9 Å². The second-order valence-electron chi connectivity index (χ2n) is 17.6. The maximum atomic E-state index is 7.05. The molecule has 1 saturated carbocycles. The van der Waals surface area contributed by atoms with Gasteiger partial charge in [0.25, 0.3) is 0 Å². The van der Waals surface area contributed by atoms with Crippen LogP contribution in [0.4, 0.5) is 0 Å². The SMILES string of the molecule is C=C/C=C(\N)c1ccc(C(N)=N/C(=C\Cc2ccccc2)c2cc(-c3ccc4c(c3)C(/C=C3/C=CC=CC3)=C(N)C4)cc(-c3ccc(C)c(C(/C=C4/C=CC=CC4)=C(/N)C4CC4)c3)c2)cc1. The number of benzene rings is 5. The first-order chi connectivity index (χ1) is 32.2. The smallest absolute Gasteiger partial charge is 0.131 e. The van der Waals surface area contributed by atoms with E-state index < -0.39 is 0 Å². The van der Waals surface area contributed by atoms with Crippen molar-refractivity contribution in [3.05, 3.63) is 262 Å². The van der Waals surface area contributed by atoms with Gasteiger partial charge in [0.2, 0.25) is 0 Å². The van der Waals surface area contributed by atoms with Crippen LogP contribution in [0.2, 0.25) is 0 Å². The number of amidine groups is 1. The molecule has 66 heavy (non-hydrogen) atoms. The van der Waals surface area contributed by atoms with Crippen LogP contribution >= 0.6 is 0 Å². The van der Waals surface area contributed by atoms with Crippen LogP contribution in [-0.2, 0) is 12.8 Å². The molecule has 0 unspecified atom stereocenters. The predicted octanol–water partition coefficient (Wildman–Crippen LogP) is 13.0. The molecule has 0 heterocycles. The van der Waals surface area contributed by atoms with Crippen molar-refractivity contribution in [2.75, 3.05) is 0 Å². The van der Waals surface area contributed by atoms with E-state index in [-0.39, 0.29) is 0 Å². The summed E-state index contributed by atoms with van der Waals surface area (Å²) in [6.07, 6.45) is 32.8. The summed E-state index contributed by atoms with van der Waals surface area (Å²) in [4.78, 5) is 5.24. The Hall–Kier alpha value is -7.89. The third-order valence-electron chi connectivity index (χ3n) is 12.8. The molecule has 5 aromatic rings. The van der Waals surface area contributed by atoms with Gasteiger partial charge in [0, 0.05) is 45.8 Å². The highest BCUT2D eigenvalue weighted by molar-refractivity contribution is 6.01. The minimum absolute atomic E-state index is 0.407. The van der Waals surface area contributed by atoms with Crippen molar-refractivity contribution in [3.63, 3.8) is 0 Å². The van der Waals surface area contributed by atoms with Gasteiger partial charge in [0.1, 0.15) is 5.84 Å². The molecule has 4 aliphatic carbocycles. The molecular weight excluding hydrogens is 803 g/mol. The Kier molecular flexibility index (Phi) is 12.8. The Bertz CT molecular complexity index is 3060. The maximum Gasteiger partial charge on any atom is 0.131 e. The fourth-order valence-corrected chi connectivity index (χ4v) is 8.89. The second kappa shape index (κ2) is 19.5. The highest BCUT2D eigenvalue weighted by Crippen LogP contribution is 2.42.